The van der Waals surface area contributed by atoms with Crippen LogP contribution in [0.25, 0.3) is 0 Å². The molecule has 2 spiro atoms. The number of nitrogens with zero attached hydrogens (tertiary/aromatic N) is 5. The van der Waals surface area contributed by atoms with Gasteiger partial charge in [-0.2, -0.15) is 0 Å². The molecular formula is C55H79ClN6O14. The predicted molar refractivity (Wildman–Crippen MR) is 282 cm³/mol. The first-order valence-corrected chi connectivity index (χ1v) is 26.1. The Hall–Kier alpha value is -5.38. The number of likely N-dealkylation sites (tertiary alicyclic amines) is 2. The lowest BCUT2D eigenvalue weighted by Crippen LogP contribution is -2.76. The van der Waals surface area contributed by atoms with Crippen LogP contribution in [0.4, 0.5) is 19.2 Å². The minimum atomic E-state index is -1.01. The smallest absolute Gasteiger partial charge is 0.419 e. The second kappa shape index (κ2) is 21.1. The topological polar surface area (TPSA) is 233 Å². The Labute approximate surface area is 451 Å². The average Bonchev–Trinajstić information content (AvgIpc) is 3.93. The first-order chi connectivity index (χ1) is 35.1. The highest BCUT2D eigenvalue weighted by Crippen LogP contribution is 2.66. The molecule has 4 N–H and O–H groups in total. The molecule has 8 aliphatic rings. The molecule has 4 unspecified atom stereocenters. The lowest BCUT2D eigenvalue weighted by molar-refractivity contribution is -0.185. The first-order valence-electron chi connectivity index (χ1n) is 25.7. The molecule has 76 heavy (non-hydrogen) atoms. The second-order valence-electron chi connectivity index (χ2n) is 23.1. The fourth-order valence-corrected chi connectivity index (χ4v) is 13.1. The Morgan fingerprint density at radius 1 is 0.737 bits per heavy atom. The van der Waals surface area contributed by atoms with Crippen molar-refractivity contribution in [1.82, 2.24) is 24.5 Å². The molecule has 2 aromatic carbocycles. The lowest BCUT2D eigenvalue weighted by Gasteiger charge is -2.62. The number of hydrogen-bond acceptors (Lipinski definition) is 17. The van der Waals surface area contributed by atoms with Gasteiger partial charge in [0, 0.05) is 69.8 Å². The van der Waals surface area contributed by atoms with Gasteiger partial charge in [0.15, 0.2) is 41.0 Å². The van der Waals surface area contributed by atoms with Crippen molar-refractivity contribution in [1.29, 1.82) is 0 Å². The van der Waals surface area contributed by atoms with Gasteiger partial charge < -0.3 is 68.7 Å². The normalized spacial score (nSPS) is 28.8. The summed E-state index contributed by atoms with van der Waals surface area (Å²) in [5.41, 5.74) is 5.31. The molecule has 0 radical (unpaired) electrons. The van der Waals surface area contributed by atoms with Gasteiger partial charge in [0.05, 0.1) is 42.8 Å². The number of ether oxygens (including phenoxy) is 7. The molecule has 20 nitrogen and oxygen atoms in total. The second-order valence-corrected chi connectivity index (χ2v) is 23.4. The summed E-state index contributed by atoms with van der Waals surface area (Å²) in [5, 5.41) is 23.2. The molecule has 2 saturated heterocycles. The first kappa shape index (κ1) is 58.3. The van der Waals surface area contributed by atoms with Gasteiger partial charge in [0.25, 0.3) is 0 Å². The number of imide groups is 1. The molecule has 4 aliphatic heterocycles. The van der Waals surface area contributed by atoms with Gasteiger partial charge in [0.2, 0.25) is 0 Å². The maximum atomic E-state index is 12.7. The van der Waals surface area contributed by atoms with Crippen LogP contribution in [-0.4, -0.2) is 193 Å². The van der Waals surface area contributed by atoms with E-state index < -0.39 is 69.1 Å². The molecule has 10 rings (SSSR count). The summed E-state index contributed by atoms with van der Waals surface area (Å²) >= 11 is 5.32. The van der Waals surface area contributed by atoms with Crippen molar-refractivity contribution in [3.05, 3.63) is 58.4 Å². The lowest BCUT2D eigenvalue weighted by atomic mass is 9.49. The monoisotopic (exact) mass is 1080 g/mol. The standard InChI is InChI=1S/C22H29N3O5.C18H21NO4.C14H25ClN2O5.CH4/c1-24-10-8-21-17-13-4-5-14(28-3)18(17)30-19(21)15(29-20(26)25(2)11-9-23)6-7-22(21,27)16(24)12-13;1-19-8-7-17-14-10-3-4-12(22-2)15(14)23-16(17)11(20)5-6-18(17,21)13(19)9-10;1-13(2,3)21-11(19)17(9-8-16(7)10(15)18)12(20)22-14(4,5)6;/h4-6,16,19,27H,7-12,23H2,1-3H3;3-4,13,16,21H,5-9H2,1-2H3;8-9H2,1-7H3;1H4/t16-,19?,21+,22?;13-,16?,17+,18?;;/m11../s1. The number of carbonyl (C=O) groups is 5. The number of carbonyl (C=O) groups excluding carboxylic acids is 5. The molecule has 4 heterocycles. The van der Waals surface area contributed by atoms with Gasteiger partial charge in [-0.1, -0.05) is 19.6 Å². The van der Waals surface area contributed by atoms with E-state index in [1.54, 1.807) is 62.8 Å². The molecule has 4 bridgehead atoms. The number of piperidine rings is 2. The van der Waals surface area contributed by atoms with Crippen LogP contribution in [-0.2, 0) is 42.7 Å². The van der Waals surface area contributed by atoms with E-state index in [-0.39, 0.29) is 38.4 Å². The van der Waals surface area contributed by atoms with Gasteiger partial charge in [0.1, 0.15) is 17.0 Å². The van der Waals surface area contributed by atoms with Crippen LogP contribution in [0.2, 0.25) is 0 Å². The summed E-state index contributed by atoms with van der Waals surface area (Å²) in [5.74, 6) is 3.24. The van der Waals surface area contributed by atoms with Gasteiger partial charge in [-0.15, -0.1) is 0 Å². The van der Waals surface area contributed by atoms with Crippen LogP contribution in [0.3, 0.4) is 0 Å². The zero-order valence-corrected chi connectivity index (χ0v) is 46.1. The van der Waals surface area contributed by atoms with Gasteiger partial charge in [-0.05, 0) is 142 Å². The number of aliphatic hydroxyl groups is 2. The van der Waals surface area contributed by atoms with Crippen LogP contribution in [0, 0.1) is 0 Å². The summed E-state index contributed by atoms with van der Waals surface area (Å²) < 4.78 is 39.8. The number of amides is 4. The van der Waals surface area contributed by atoms with Gasteiger partial charge in [-0.25, -0.2) is 19.3 Å². The summed E-state index contributed by atoms with van der Waals surface area (Å²) in [6.07, 6.45) is 2.86. The quantitative estimate of drug-likeness (QED) is 0.153. The molecule has 4 aliphatic carbocycles. The Morgan fingerprint density at radius 3 is 1.70 bits per heavy atom. The highest BCUT2D eigenvalue weighted by molar-refractivity contribution is 6.62. The number of rotatable bonds is 8. The fourth-order valence-electron chi connectivity index (χ4n) is 13.0. The molecule has 4 amide bonds. The number of hydrogen-bond donors (Lipinski definition) is 3. The Balaban J connectivity index is 0.000000168. The minimum Gasteiger partial charge on any atom is -0.493 e. The maximum Gasteiger partial charge on any atom is 0.419 e. The number of Topliss-reactive ketones (excluding diaryl/α,β-unsaturated/α-hetero) is 1. The fraction of sp³-hybridized carbons (Fsp3) is 0.655. The van der Waals surface area contributed by atoms with Crippen molar-refractivity contribution in [2.75, 3.05) is 81.7 Å². The number of benzene rings is 2. The van der Waals surface area contributed by atoms with Crippen LogP contribution in [0.15, 0.2) is 36.1 Å². The summed E-state index contributed by atoms with van der Waals surface area (Å²) in [4.78, 5) is 68.5. The van der Waals surface area contributed by atoms with Gasteiger partial charge in [-0.3, -0.25) is 9.59 Å². The molecule has 420 valence electrons. The van der Waals surface area contributed by atoms with Crippen LogP contribution >= 0.6 is 11.6 Å². The Bertz CT molecular complexity index is 2610. The van der Waals surface area contributed by atoms with E-state index in [4.69, 9.17) is 50.5 Å². The molecule has 1 saturated carbocycles. The van der Waals surface area contributed by atoms with Crippen LogP contribution in [0.1, 0.15) is 103 Å². The summed E-state index contributed by atoms with van der Waals surface area (Å²) in [6.45, 7) is 12.6. The Morgan fingerprint density at radius 2 is 1.22 bits per heavy atom. The third-order valence-corrected chi connectivity index (χ3v) is 16.7. The van der Waals surface area contributed by atoms with E-state index in [0.717, 1.165) is 48.4 Å². The van der Waals surface area contributed by atoms with E-state index >= 15 is 0 Å². The number of ketones is 1. The zero-order chi connectivity index (χ0) is 55.0. The largest absolute Gasteiger partial charge is 0.493 e. The molecule has 2 aromatic rings. The molecule has 3 fully saturated rings. The van der Waals surface area contributed by atoms with Crippen LogP contribution in [0.5, 0.6) is 23.0 Å². The SMILES string of the molecule is C.CN(CCN(C(=O)OC(C)(C)C)C(=O)OC(C)(C)C)C(=O)Cl.COc1ccc2c3c1OC1C(=O)CCC4(O)[C@@H](C2)N(C)CC[C@]314.COc1ccc2c3c1OC1C(OC(=O)N(C)CCN)=CCC4(O)[C@@H](C2)N(C)CC[C@]314. The highest BCUT2D eigenvalue weighted by Gasteiger charge is 2.74. The maximum absolute atomic E-state index is 12.7. The van der Waals surface area contributed by atoms with Crippen molar-refractivity contribution in [2.45, 2.75) is 151 Å². The third kappa shape index (κ3) is 9.62. The van der Waals surface area contributed by atoms with Crippen molar-refractivity contribution < 1.29 is 67.3 Å². The molecule has 21 heteroatoms. The van der Waals surface area contributed by atoms with E-state index in [9.17, 15) is 34.2 Å². The van der Waals surface area contributed by atoms with Crippen molar-refractivity contribution in [2.24, 2.45) is 5.73 Å². The van der Waals surface area contributed by atoms with Crippen molar-refractivity contribution in [3.8, 4) is 23.0 Å². The number of nitrogens with two attached hydrogens (primary N) is 1. The van der Waals surface area contributed by atoms with Crippen LogP contribution < -0.4 is 24.7 Å². The number of methoxy groups -OCH3 is 2. The zero-order valence-electron chi connectivity index (χ0n) is 45.4. The van der Waals surface area contributed by atoms with E-state index in [2.05, 4.69) is 36.0 Å². The minimum absolute atomic E-state index is 0. The Kier molecular flexibility index (Phi) is 16.2. The molecule has 8 atom stereocenters. The van der Waals surface area contributed by atoms with E-state index in [0.29, 0.717) is 67.5 Å². The predicted octanol–water partition coefficient (Wildman–Crippen LogP) is 6.13. The molecular weight excluding hydrogens is 1000 g/mol. The van der Waals surface area contributed by atoms with Gasteiger partial charge >= 0.3 is 23.6 Å². The summed E-state index contributed by atoms with van der Waals surface area (Å²) in [7, 11) is 10.5. The average molecular weight is 1080 g/mol. The summed E-state index contributed by atoms with van der Waals surface area (Å²) in [6, 6.07) is 8.02. The number of halogens is 1. The molecule has 0 aromatic heterocycles. The van der Waals surface area contributed by atoms with Crippen molar-refractivity contribution in [3.63, 3.8) is 0 Å². The highest BCUT2D eigenvalue weighted by atomic mass is 35.5. The van der Waals surface area contributed by atoms with E-state index in [1.807, 2.05) is 18.2 Å². The van der Waals surface area contributed by atoms with E-state index in [1.165, 1.54) is 28.0 Å². The number of likely N-dealkylation sites (N-methyl/N-ethyl adjacent to an activating group) is 4. The third-order valence-electron chi connectivity index (χ3n) is 16.5. The van der Waals surface area contributed by atoms with Crippen molar-refractivity contribution >= 4 is 41.0 Å².